The van der Waals surface area contributed by atoms with E-state index in [-0.39, 0.29) is 7.43 Å². The van der Waals surface area contributed by atoms with E-state index in [4.69, 9.17) is 0 Å². The Kier molecular flexibility index (Phi) is 18.4. The molecule has 1 heteroatoms. The first kappa shape index (κ1) is 123. The average Bonchev–Trinajstić information content (AvgIpc) is 1.00. The fourth-order valence-electron chi connectivity index (χ4n) is 0. The third kappa shape index (κ3) is 0.0315. The smallest absolute Gasteiger partial charge is 0 e. The van der Waals surface area contributed by atoms with Crippen molar-refractivity contribution in [3.63, 3.8) is 0 Å². The summed E-state index contributed by atoms with van der Waals surface area (Å²) < 4.78 is 0. The van der Waals surface area contributed by atoms with Crippen LogP contribution in [0.25, 0.3) is 0 Å². The van der Waals surface area contributed by atoms with Gasteiger partial charge in [0.15, 0.2) is 0 Å². The van der Waals surface area contributed by atoms with Crippen molar-refractivity contribution in [3.8, 4) is 0 Å². The van der Waals surface area contributed by atoms with Gasteiger partial charge in [-0.3, -0.25) is 6.58 Å². The van der Waals surface area contributed by atoms with E-state index in [2.05, 4.69) is 13.2 Å². The zero-order chi connectivity index (χ0) is 2.00. The summed E-state index contributed by atoms with van der Waals surface area (Å²) in [5.41, 5.74) is 0. The van der Waals surface area contributed by atoms with E-state index in [1.54, 1.807) is 0 Å². The first-order chi connectivity index (χ1) is 1.00. The first-order valence-electron chi connectivity index (χ1n) is 0.408. The second kappa shape index (κ2) is 0.600. The zero-order valence-corrected chi connectivity index (χ0v) is 9.39. The Hall–Kier alpha value is -1.26. The van der Waals surface area contributed by atoms with Gasteiger partial charge in [0.1, 0.15) is 0 Å². The van der Waals surface area contributed by atoms with E-state index >= 15 is 0 Å². The van der Waals surface area contributed by atoms with Gasteiger partial charge in [0.05, 0.1) is 0 Å². The van der Waals surface area contributed by atoms with Crippen molar-refractivity contribution in [1.29, 1.82) is 0 Å². The van der Waals surface area contributed by atoms with Crippen LogP contribution in [0.4, 0.5) is 0 Å². The molecule has 0 radical (unpaired) electrons. The maximum atomic E-state index is 4.25. The molecule has 0 aromatic carbocycles. The Bertz CT molecular complexity index is 3.25. The molecule has 0 amide bonds. The molecule has 0 aromatic rings. The van der Waals surface area contributed by atoms with Gasteiger partial charge in [-0.1, -0.05) is 0 Å². The Labute approximate surface area is 21.8 Å². The maximum Gasteiger partial charge on any atom is 0 e. The molecule has 0 aliphatic carbocycles. The summed E-state index contributed by atoms with van der Waals surface area (Å²) in [6, 6.07) is 0. The van der Waals surface area contributed by atoms with Crippen LogP contribution in [0.3, 0.4) is 0 Å². The molecular formula is C3H6Rf-2. The molecule has 0 rings (SSSR count). The van der Waals surface area contributed by atoms with Crippen LogP contribution in [0, 0.1) is 14.0 Å². The SMILES string of the molecule is [CH-]=C.[CH3-].[Rf]. The molecule has 0 unspecified atom stereocenters. The van der Waals surface area contributed by atoms with Crippen LogP contribution in [0.2, 0.25) is 0 Å². The molecule has 0 spiro atoms. The van der Waals surface area contributed by atoms with Crippen molar-refractivity contribution < 1.29 is 0 Å². The molecule has 0 nitrogen and oxygen atoms in total. The average molecular weight is 309 g/mol. The minimum atomic E-state index is 0. The second-order valence-electron chi connectivity index (χ2n) is 0. The molecule has 0 bridgehead atoms. The van der Waals surface area contributed by atoms with Crippen molar-refractivity contribution >= 4 is 0 Å². The molecular weight excluding hydrogens is 303 g/mol. The number of rotatable bonds is 0. The predicted octanol–water partition coefficient (Wildman–Crippen LogP) is 1.06. The molecule has 0 N–H and O–H groups in total. The Morgan fingerprint density at radius 1 is 1.25 bits per heavy atom. The van der Waals surface area contributed by atoms with Crippen LogP contribution in [0.5, 0.6) is 0 Å². The summed E-state index contributed by atoms with van der Waals surface area (Å²) in [4.78, 5) is 0. The normalized spacial score (nSPS) is 1.00. The van der Waals surface area contributed by atoms with Gasteiger partial charge in [0.2, 0.25) is 0 Å². The fourth-order valence-corrected chi connectivity index (χ4v) is 0. The molecule has 0 aliphatic heterocycles. The van der Waals surface area contributed by atoms with Gasteiger partial charge >= 0.3 is 0 Å². The quantitative estimate of drug-likeness (QED) is 0.587. The van der Waals surface area contributed by atoms with Crippen LogP contribution in [0.1, 0.15) is 0 Å². The van der Waals surface area contributed by atoms with Crippen LogP contribution >= 0.6 is 0 Å². The molecule has 0 aromatic heterocycles. The van der Waals surface area contributed by atoms with Gasteiger partial charge in [-0.25, -0.2) is 0 Å². The Balaban J connectivity index is -0.00000000500. The van der Waals surface area contributed by atoms with Gasteiger partial charge in [0.25, 0.3) is 0 Å². The van der Waals surface area contributed by atoms with Crippen LogP contribution in [0.15, 0.2) is 6.58 Å². The van der Waals surface area contributed by atoms with Gasteiger partial charge in [-0.15, -0.1) is 0 Å². The van der Waals surface area contributed by atoms with Crippen LogP contribution < -0.4 is 0 Å². The summed E-state index contributed by atoms with van der Waals surface area (Å²) in [6.07, 6.45) is 0. The first-order valence-corrected chi connectivity index (χ1v) is 0.408. The standard InChI is InChI=1S/C2H3.CH3.Rf/c1-2;;/h1H,2H2;1H3;/q2*-1;. The van der Waals surface area contributed by atoms with E-state index in [1.807, 2.05) is 0 Å². The molecule has 0 saturated carbocycles. The molecule has 0 aliphatic rings. The van der Waals surface area contributed by atoms with E-state index in [0.717, 1.165) is 0 Å². The molecule has 0 saturated heterocycles. The van der Waals surface area contributed by atoms with Gasteiger partial charge in [0, 0.05) is 0 Å². The summed E-state index contributed by atoms with van der Waals surface area (Å²) in [6.45, 7) is 7.00. The molecule has 4 heavy (non-hydrogen) atoms. The number of hydrogen-bond donors (Lipinski definition) is 0. The Morgan fingerprint density at radius 3 is 1.25 bits per heavy atom. The van der Waals surface area contributed by atoms with Crippen LogP contribution in [-0.2, 0) is 0 Å². The van der Waals surface area contributed by atoms with Crippen molar-refractivity contribution in [2.24, 2.45) is 0 Å². The summed E-state index contributed by atoms with van der Waals surface area (Å²) >= 11 is 0. The monoisotopic (exact) mass is 309 g/mol. The third-order valence-corrected chi connectivity index (χ3v) is 0. The van der Waals surface area contributed by atoms with E-state index in [1.165, 1.54) is 0 Å². The van der Waals surface area contributed by atoms with Crippen molar-refractivity contribution in [3.05, 3.63) is 20.6 Å². The van der Waals surface area contributed by atoms with Gasteiger partial charge in [-0.2, -0.15) is 0 Å². The maximum absolute atomic E-state index is 4.25. The Morgan fingerprint density at radius 2 is 1.25 bits per heavy atom. The minimum Gasteiger partial charge on any atom is -0.521 e. The van der Waals surface area contributed by atoms with E-state index in [0.29, 0.717) is 0 Å². The summed E-state index contributed by atoms with van der Waals surface area (Å²) in [5.74, 6) is 0. The largest absolute Gasteiger partial charge is 0.521 e. The van der Waals surface area contributed by atoms with Crippen molar-refractivity contribution in [2.75, 3.05) is 0 Å². The van der Waals surface area contributed by atoms with Gasteiger partial charge in [-0.05, 0) is 0 Å². The fraction of sp³-hybridized carbons (Fsp3) is 0. The topological polar surface area (TPSA) is 0 Å². The van der Waals surface area contributed by atoms with Crippen molar-refractivity contribution in [2.45, 2.75) is 0 Å². The van der Waals surface area contributed by atoms with E-state index < -0.39 is 0 Å². The summed E-state index contributed by atoms with van der Waals surface area (Å²) in [5, 5.41) is 0. The summed E-state index contributed by atoms with van der Waals surface area (Å²) in [7, 11) is 0. The van der Waals surface area contributed by atoms with Crippen LogP contribution in [-0.4, -0.2) is 0 Å². The zero-order valence-electron chi connectivity index (χ0n) is 2.99. The number of hydrogen-bond acceptors (Lipinski definition) is 0. The minimum absolute atomic E-state index is 0. The molecule has 0 heterocycles. The molecule has 22 valence electrons. The third-order valence-electron chi connectivity index (χ3n) is 0. The molecule has 0 atom stereocenters. The van der Waals surface area contributed by atoms with E-state index in [9.17, 15) is 0 Å². The second-order valence-corrected chi connectivity index (χ2v) is 0. The molecule has 0 fully saturated rings. The van der Waals surface area contributed by atoms with Gasteiger partial charge < -0.3 is 14.0 Å². The van der Waals surface area contributed by atoms with Crippen molar-refractivity contribution in [1.82, 2.24) is 0 Å². The predicted molar refractivity (Wildman–Crippen MR) is 16.3 cm³/mol.